The molecule has 0 aromatic heterocycles. The van der Waals surface area contributed by atoms with E-state index in [-0.39, 0.29) is 5.75 Å². The fourth-order valence-electron chi connectivity index (χ4n) is 1.59. The molecule has 0 spiro atoms. The minimum atomic E-state index is -3.15. The molecule has 0 aliphatic heterocycles. The summed E-state index contributed by atoms with van der Waals surface area (Å²) in [5, 5.41) is 3.17. The van der Waals surface area contributed by atoms with Gasteiger partial charge in [-0.2, -0.15) is 0 Å². The minimum absolute atomic E-state index is 0.154. The summed E-state index contributed by atoms with van der Waals surface area (Å²) in [5.41, 5.74) is 0. The topological polar surface area (TPSA) is 46.2 Å². The van der Waals surface area contributed by atoms with Crippen LogP contribution in [0.3, 0.4) is 0 Å². The predicted molar refractivity (Wildman–Crippen MR) is 78.6 cm³/mol. The van der Waals surface area contributed by atoms with E-state index in [9.17, 15) is 8.42 Å². The molecule has 0 heterocycles. The van der Waals surface area contributed by atoms with Gasteiger partial charge in [0.1, 0.15) is 0 Å². The number of sulfone groups is 1. The van der Waals surface area contributed by atoms with Gasteiger partial charge in [0.05, 0.1) is 10.6 Å². The Kier molecular flexibility index (Phi) is 6.89. The highest BCUT2D eigenvalue weighted by molar-refractivity contribution is 9.10. The van der Waals surface area contributed by atoms with Gasteiger partial charge in [0.2, 0.25) is 0 Å². The van der Waals surface area contributed by atoms with Gasteiger partial charge in [-0.25, -0.2) is 8.42 Å². The Morgan fingerprint density at radius 1 is 1.11 bits per heavy atom. The van der Waals surface area contributed by atoms with E-state index in [1.807, 2.05) is 0 Å². The molecule has 3 nitrogen and oxygen atoms in total. The monoisotopic (exact) mass is 333 g/mol. The number of hydrogen-bond donors (Lipinski definition) is 1. The Labute approximate surface area is 118 Å². The Hall–Kier alpha value is -0.390. The average Bonchev–Trinajstić information content (AvgIpc) is 2.34. The third-order valence-corrected chi connectivity index (χ3v) is 4.94. The van der Waals surface area contributed by atoms with Gasteiger partial charge in [-0.3, -0.25) is 0 Å². The molecule has 0 amide bonds. The van der Waals surface area contributed by atoms with Gasteiger partial charge in [0.15, 0.2) is 9.84 Å². The molecule has 18 heavy (non-hydrogen) atoms. The summed E-state index contributed by atoms with van der Waals surface area (Å²) >= 11 is 3.29. The molecule has 5 heteroatoms. The lowest BCUT2D eigenvalue weighted by molar-refractivity contribution is 0.586. The lowest BCUT2D eigenvalue weighted by Gasteiger charge is -2.06. The quantitative estimate of drug-likeness (QED) is 0.744. The van der Waals surface area contributed by atoms with E-state index in [1.165, 1.54) is 12.8 Å². The normalized spacial score (nSPS) is 11.7. The van der Waals surface area contributed by atoms with Crippen molar-refractivity contribution in [2.24, 2.45) is 0 Å². The molecule has 0 radical (unpaired) electrons. The first-order valence-electron chi connectivity index (χ1n) is 6.25. The fourth-order valence-corrected chi connectivity index (χ4v) is 3.06. The standard InChI is InChI=1S/C13H20BrNO2S/c1-2-3-4-9-15-10-11-18(16,17)13-7-5-12(14)6-8-13/h5-8,15H,2-4,9-11H2,1H3. The smallest absolute Gasteiger partial charge is 0.179 e. The van der Waals surface area contributed by atoms with Gasteiger partial charge < -0.3 is 5.32 Å². The van der Waals surface area contributed by atoms with Gasteiger partial charge in [0.25, 0.3) is 0 Å². The first kappa shape index (κ1) is 15.7. The zero-order valence-corrected chi connectivity index (χ0v) is 13.1. The number of rotatable bonds is 8. The van der Waals surface area contributed by atoms with Crippen LogP contribution in [0, 0.1) is 0 Å². The molecule has 0 unspecified atom stereocenters. The third kappa shape index (κ3) is 5.50. The van der Waals surface area contributed by atoms with Crippen LogP contribution in [0.5, 0.6) is 0 Å². The van der Waals surface area contributed by atoms with Crippen molar-refractivity contribution in [3.63, 3.8) is 0 Å². The van der Waals surface area contributed by atoms with Crippen molar-refractivity contribution in [3.05, 3.63) is 28.7 Å². The largest absolute Gasteiger partial charge is 0.316 e. The van der Waals surface area contributed by atoms with E-state index in [0.717, 1.165) is 17.4 Å². The second-order valence-corrected chi connectivity index (χ2v) is 7.25. The number of halogens is 1. The zero-order valence-electron chi connectivity index (χ0n) is 10.7. The SMILES string of the molecule is CCCCCNCCS(=O)(=O)c1ccc(Br)cc1. The highest BCUT2D eigenvalue weighted by atomic mass is 79.9. The Bertz CT molecular complexity index is 443. The van der Waals surface area contributed by atoms with E-state index in [0.29, 0.717) is 11.4 Å². The summed E-state index contributed by atoms with van der Waals surface area (Å²) in [6.45, 7) is 3.56. The molecule has 0 aliphatic carbocycles. The number of hydrogen-bond acceptors (Lipinski definition) is 3. The van der Waals surface area contributed by atoms with Crippen LogP contribution in [-0.2, 0) is 9.84 Å². The number of nitrogens with one attached hydrogen (secondary N) is 1. The molecule has 0 atom stereocenters. The molecule has 1 aromatic carbocycles. The minimum Gasteiger partial charge on any atom is -0.316 e. The summed E-state index contributed by atoms with van der Waals surface area (Å²) in [6, 6.07) is 6.77. The van der Waals surface area contributed by atoms with Crippen LogP contribution in [0.2, 0.25) is 0 Å². The summed E-state index contributed by atoms with van der Waals surface area (Å²) in [6.07, 6.45) is 3.47. The van der Waals surface area contributed by atoms with Gasteiger partial charge >= 0.3 is 0 Å². The van der Waals surface area contributed by atoms with Crippen LogP contribution in [0.1, 0.15) is 26.2 Å². The highest BCUT2D eigenvalue weighted by Crippen LogP contribution is 2.15. The molecular formula is C13H20BrNO2S. The summed E-state index contributed by atoms with van der Waals surface area (Å²) < 4.78 is 24.8. The van der Waals surface area contributed by atoms with Crippen LogP contribution in [0.25, 0.3) is 0 Å². The summed E-state index contributed by atoms with van der Waals surface area (Å²) in [7, 11) is -3.15. The average molecular weight is 334 g/mol. The lowest BCUT2D eigenvalue weighted by atomic mass is 10.2. The summed E-state index contributed by atoms with van der Waals surface area (Å²) in [4.78, 5) is 0.390. The lowest BCUT2D eigenvalue weighted by Crippen LogP contribution is -2.24. The second kappa shape index (κ2) is 7.92. The van der Waals surface area contributed by atoms with Crippen molar-refractivity contribution >= 4 is 25.8 Å². The molecule has 1 rings (SSSR count). The van der Waals surface area contributed by atoms with E-state index < -0.39 is 9.84 Å². The van der Waals surface area contributed by atoms with Crippen molar-refractivity contribution in [1.82, 2.24) is 5.32 Å². The number of benzene rings is 1. The Morgan fingerprint density at radius 3 is 2.39 bits per heavy atom. The van der Waals surface area contributed by atoms with Crippen molar-refractivity contribution in [2.75, 3.05) is 18.8 Å². The molecule has 0 fully saturated rings. The first-order chi connectivity index (χ1) is 8.56. The Morgan fingerprint density at radius 2 is 1.78 bits per heavy atom. The molecule has 0 bridgehead atoms. The zero-order chi connectivity index (χ0) is 13.4. The van der Waals surface area contributed by atoms with Crippen molar-refractivity contribution in [1.29, 1.82) is 0 Å². The van der Waals surface area contributed by atoms with Crippen molar-refractivity contribution < 1.29 is 8.42 Å². The molecule has 102 valence electrons. The molecule has 0 saturated carbocycles. The molecular weight excluding hydrogens is 314 g/mol. The first-order valence-corrected chi connectivity index (χ1v) is 8.70. The van der Waals surface area contributed by atoms with Crippen LogP contribution < -0.4 is 5.32 Å². The third-order valence-electron chi connectivity index (χ3n) is 2.68. The van der Waals surface area contributed by atoms with Crippen LogP contribution in [0.4, 0.5) is 0 Å². The molecule has 0 saturated heterocycles. The van der Waals surface area contributed by atoms with Crippen molar-refractivity contribution in [2.45, 2.75) is 31.1 Å². The van der Waals surface area contributed by atoms with Gasteiger partial charge in [-0.05, 0) is 37.2 Å². The molecule has 0 aliphatic rings. The fraction of sp³-hybridized carbons (Fsp3) is 0.538. The van der Waals surface area contributed by atoms with Gasteiger partial charge in [-0.1, -0.05) is 35.7 Å². The van der Waals surface area contributed by atoms with E-state index in [1.54, 1.807) is 24.3 Å². The van der Waals surface area contributed by atoms with Crippen molar-refractivity contribution in [3.8, 4) is 0 Å². The van der Waals surface area contributed by atoms with Gasteiger partial charge in [0, 0.05) is 11.0 Å². The van der Waals surface area contributed by atoms with Crippen LogP contribution in [-0.4, -0.2) is 27.3 Å². The highest BCUT2D eigenvalue weighted by Gasteiger charge is 2.13. The second-order valence-electron chi connectivity index (χ2n) is 4.23. The maximum atomic E-state index is 12.0. The van der Waals surface area contributed by atoms with E-state index >= 15 is 0 Å². The maximum Gasteiger partial charge on any atom is 0.179 e. The van der Waals surface area contributed by atoms with Gasteiger partial charge in [-0.15, -0.1) is 0 Å². The molecule has 1 N–H and O–H groups in total. The van der Waals surface area contributed by atoms with E-state index in [4.69, 9.17) is 0 Å². The predicted octanol–water partition coefficient (Wildman–Crippen LogP) is 3.00. The Balaban J connectivity index is 2.38. The number of unbranched alkanes of at least 4 members (excludes halogenated alkanes) is 2. The van der Waals surface area contributed by atoms with E-state index in [2.05, 4.69) is 28.2 Å². The maximum absolute atomic E-state index is 12.0. The van der Waals surface area contributed by atoms with Crippen LogP contribution >= 0.6 is 15.9 Å². The molecule has 1 aromatic rings. The van der Waals surface area contributed by atoms with Crippen LogP contribution in [0.15, 0.2) is 33.6 Å². The summed E-state index contributed by atoms with van der Waals surface area (Å²) in [5.74, 6) is 0.154.